The molecule has 0 bridgehead atoms. The maximum absolute atomic E-state index is 5.42. The van der Waals surface area contributed by atoms with E-state index in [-0.39, 0.29) is 0 Å². The summed E-state index contributed by atoms with van der Waals surface area (Å²) in [5.41, 5.74) is 0. The zero-order valence-electron chi connectivity index (χ0n) is 9.41. The maximum atomic E-state index is 5.42. The number of rotatable bonds is 9. The normalized spacial score (nSPS) is 12.0. The minimum Gasteiger partial charge on any atom is -0.398 e. The molecule has 0 saturated carbocycles. The van der Waals surface area contributed by atoms with E-state index in [4.69, 9.17) is 13.6 Å². The fourth-order valence-electron chi connectivity index (χ4n) is 1.05. The Hall–Kier alpha value is 0.447. The van der Waals surface area contributed by atoms with Crippen molar-refractivity contribution in [2.24, 2.45) is 0 Å². The van der Waals surface area contributed by atoms with Gasteiger partial charge in [-0.3, -0.25) is 0 Å². The first kappa shape index (κ1) is 14.4. The summed E-state index contributed by atoms with van der Waals surface area (Å²) in [7, 11) is 1.58. The van der Waals surface area contributed by atoms with Gasteiger partial charge in [-0.1, -0.05) is 0 Å². The average Bonchev–Trinajstić information content (AvgIpc) is 2.23. The van der Waals surface area contributed by atoms with Crippen LogP contribution >= 0.6 is 12.6 Å². The van der Waals surface area contributed by atoms with Crippen LogP contribution in [0.1, 0.15) is 12.8 Å². The summed E-state index contributed by atoms with van der Waals surface area (Å²) in [6.07, 6.45) is 2.03. The molecular formula is C9H22O3SSi. The predicted molar refractivity (Wildman–Crippen MR) is 64.3 cm³/mol. The Morgan fingerprint density at radius 1 is 1.07 bits per heavy atom. The third-order valence-corrected chi connectivity index (χ3v) is 5.54. The van der Waals surface area contributed by atoms with Gasteiger partial charge in [0.1, 0.15) is 0 Å². The third-order valence-electron chi connectivity index (χ3n) is 2.23. The topological polar surface area (TPSA) is 27.7 Å². The van der Waals surface area contributed by atoms with Crippen molar-refractivity contribution in [3.05, 3.63) is 0 Å². The molecule has 0 saturated heterocycles. The van der Waals surface area contributed by atoms with Gasteiger partial charge in [0.15, 0.2) is 0 Å². The highest BCUT2D eigenvalue weighted by molar-refractivity contribution is 7.80. The minimum absolute atomic E-state index is 0.795. The quantitative estimate of drug-likeness (QED) is 0.379. The lowest BCUT2D eigenvalue weighted by Crippen LogP contribution is -2.36. The molecule has 5 heteroatoms. The van der Waals surface area contributed by atoms with Gasteiger partial charge in [0.2, 0.25) is 0 Å². The van der Waals surface area contributed by atoms with E-state index < -0.39 is 8.56 Å². The Labute approximate surface area is 93.8 Å². The molecule has 0 fully saturated rings. The molecule has 0 unspecified atom stereocenters. The van der Waals surface area contributed by atoms with Crippen LogP contribution in [0.4, 0.5) is 0 Å². The zero-order chi connectivity index (χ0) is 10.9. The number of ether oxygens (including phenoxy) is 1. The highest BCUT2D eigenvalue weighted by atomic mass is 32.1. The van der Waals surface area contributed by atoms with Crippen LogP contribution in [0.25, 0.3) is 0 Å². The molecule has 0 amide bonds. The molecule has 0 aromatic heterocycles. The van der Waals surface area contributed by atoms with Crippen molar-refractivity contribution in [2.75, 3.05) is 33.2 Å². The highest BCUT2D eigenvalue weighted by Crippen LogP contribution is 2.13. The van der Waals surface area contributed by atoms with Crippen LogP contribution in [0.15, 0.2) is 0 Å². The Kier molecular flexibility index (Phi) is 9.01. The summed E-state index contributed by atoms with van der Waals surface area (Å²) in [5, 5.41) is 0. The van der Waals surface area contributed by atoms with E-state index in [1.807, 2.05) is 0 Å². The van der Waals surface area contributed by atoms with E-state index in [2.05, 4.69) is 19.2 Å². The van der Waals surface area contributed by atoms with Gasteiger partial charge in [-0.25, -0.2) is 0 Å². The lowest BCUT2D eigenvalue weighted by Gasteiger charge is -2.22. The fourth-order valence-corrected chi connectivity index (χ4v) is 2.54. The second-order valence-corrected chi connectivity index (χ2v) is 7.37. The summed E-state index contributed by atoms with van der Waals surface area (Å²) >= 11 is 4.11. The molecular weight excluding hydrogens is 216 g/mol. The standard InChI is InChI=1S/C9H22O3SSi/c1-10-14(3,11-2)9-5-7-12-6-4-8-13/h13H,4-9H2,1-3H3. The monoisotopic (exact) mass is 238 g/mol. The van der Waals surface area contributed by atoms with Crippen molar-refractivity contribution >= 4 is 21.2 Å². The molecule has 0 heterocycles. The third kappa shape index (κ3) is 6.84. The Bertz CT molecular complexity index is 131. The van der Waals surface area contributed by atoms with Gasteiger partial charge in [0, 0.05) is 27.4 Å². The Balaban J connectivity index is 3.34. The first-order chi connectivity index (χ1) is 6.68. The van der Waals surface area contributed by atoms with E-state index in [1.165, 1.54) is 0 Å². The van der Waals surface area contributed by atoms with Crippen molar-refractivity contribution in [1.82, 2.24) is 0 Å². The van der Waals surface area contributed by atoms with E-state index in [0.717, 1.165) is 37.9 Å². The van der Waals surface area contributed by atoms with Crippen LogP contribution in [0.5, 0.6) is 0 Å². The minimum atomic E-state index is -1.86. The van der Waals surface area contributed by atoms with E-state index in [0.29, 0.717) is 0 Å². The first-order valence-corrected chi connectivity index (χ1v) is 8.13. The summed E-state index contributed by atoms with van der Waals surface area (Å²) in [6, 6.07) is 0.987. The van der Waals surface area contributed by atoms with Crippen LogP contribution in [-0.2, 0) is 13.6 Å². The highest BCUT2D eigenvalue weighted by Gasteiger charge is 2.27. The second-order valence-electron chi connectivity index (χ2n) is 3.34. The molecule has 0 aliphatic heterocycles. The van der Waals surface area contributed by atoms with Crippen molar-refractivity contribution < 1.29 is 13.6 Å². The maximum Gasteiger partial charge on any atom is 0.334 e. The molecule has 86 valence electrons. The second kappa shape index (κ2) is 8.73. The van der Waals surface area contributed by atoms with Gasteiger partial charge < -0.3 is 13.6 Å². The molecule has 0 radical (unpaired) electrons. The van der Waals surface area contributed by atoms with Crippen LogP contribution in [0, 0.1) is 0 Å². The summed E-state index contributed by atoms with van der Waals surface area (Å²) < 4.78 is 16.1. The molecule has 0 atom stereocenters. The molecule has 0 N–H and O–H groups in total. The first-order valence-electron chi connectivity index (χ1n) is 4.97. The smallest absolute Gasteiger partial charge is 0.334 e. The van der Waals surface area contributed by atoms with E-state index in [9.17, 15) is 0 Å². The molecule has 0 rings (SSSR count). The summed E-state index contributed by atoms with van der Waals surface area (Å²) in [5.74, 6) is 0.891. The van der Waals surface area contributed by atoms with Crippen molar-refractivity contribution in [3.63, 3.8) is 0 Å². The average molecular weight is 238 g/mol. The molecule has 0 spiro atoms. The molecule has 3 nitrogen and oxygen atoms in total. The number of hydrogen-bond donors (Lipinski definition) is 1. The molecule has 0 aliphatic rings. The molecule has 0 aromatic rings. The van der Waals surface area contributed by atoms with Crippen molar-refractivity contribution in [3.8, 4) is 0 Å². The van der Waals surface area contributed by atoms with Crippen LogP contribution in [0.3, 0.4) is 0 Å². The van der Waals surface area contributed by atoms with Gasteiger partial charge in [0.25, 0.3) is 0 Å². The van der Waals surface area contributed by atoms with Crippen LogP contribution in [0.2, 0.25) is 12.6 Å². The zero-order valence-corrected chi connectivity index (χ0v) is 11.3. The largest absolute Gasteiger partial charge is 0.398 e. The molecule has 14 heavy (non-hydrogen) atoms. The van der Waals surface area contributed by atoms with Gasteiger partial charge in [-0.15, -0.1) is 0 Å². The summed E-state index contributed by atoms with van der Waals surface area (Å²) in [4.78, 5) is 0. The SMILES string of the molecule is CO[Si](C)(CCCOCCCS)OC. The molecule has 0 aromatic carbocycles. The van der Waals surface area contributed by atoms with Gasteiger partial charge in [-0.2, -0.15) is 12.6 Å². The van der Waals surface area contributed by atoms with Gasteiger partial charge in [-0.05, 0) is 31.2 Å². The number of thiol groups is 1. The Morgan fingerprint density at radius 2 is 1.64 bits per heavy atom. The van der Waals surface area contributed by atoms with Gasteiger partial charge >= 0.3 is 8.56 Å². The lowest BCUT2D eigenvalue weighted by atomic mass is 10.5. The summed E-state index contributed by atoms with van der Waals surface area (Å²) in [6.45, 7) is 3.67. The van der Waals surface area contributed by atoms with Crippen molar-refractivity contribution in [1.29, 1.82) is 0 Å². The fraction of sp³-hybridized carbons (Fsp3) is 1.00. The Morgan fingerprint density at radius 3 is 2.14 bits per heavy atom. The van der Waals surface area contributed by atoms with Gasteiger partial charge in [0.05, 0.1) is 0 Å². The predicted octanol–water partition coefficient (Wildman–Crippen LogP) is 2.08. The van der Waals surface area contributed by atoms with Crippen LogP contribution < -0.4 is 0 Å². The van der Waals surface area contributed by atoms with Crippen LogP contribution in [-0.4, -0.2) is 41.7 Å². The molecule has 0 aliphatic carbocycles. The van der Waals surface area contributed by atoms with Crippen molar-refractivity contribution in [2.45, 2.75) is 25.4 Å². The number of hydrogen-bond acceptors (Lipinski definition) is 4. The lowest BCUT2D eigenvalue weighted by molar-refractivity contribution is 0.133. The van der Waals surface area contributed by atoms with E-state index in [1.54, 1.807) is 14.2 Å². The van der Waals surface area contributed by atoms with E-state index >= 15 is 0 Å².